The van der Waals surface area contributed by atoms with E-state index in [2.05, 4.69) is 39.3 Å². The van der Waals surface area contributed by atoms with Gasteiger partial charge in [0, 0.05) is 15.9 Å². The lowest BCUT2D eigenvalue weighted by Crippen LogP contribution is -2.13. The highest BCUT2D eigenvalue weighted by atomic mass is 79.9. The Labute approximate surface area is 85.6 Å². The molecule has 0 amide bonds. The van der Waals surface area contributed by atoms with Gasteiger partial charge in [0.15, 0.2) is 0 Å². The Bertz CT molecular complexity index is 244. The molecule has 1 nitrogen and oxygen atoms in total. The Kier molecular flexibility index (Phi) is 4.58. The van der Waals surface area contributed by atoms with Gasteiger partial charge in [0.2, 0.25) is 0 Å². The zero-order valence-corrected chi connectivity index (χ0v) is 9.25. The number of hydrogen-bond donors (Lipinski definition) is 1. The first-order valence-electron chi connectivity index (χ1n) is 3.88. The van der Waals surface area contributed by atoms with Gasteiger partial charge in [-0.2, -0.15) is 0 Å². The monoisotopic (exact) mass is 245 g/mol. The molecule has 0 fully saturated rings. The Hall–Kier alpha value is -0.120. The van der Waals surface area contributed by atoms with Crippen LogP contribution in [0.3, 0.4) is 0 Å². The molecule has 0 aliphatic carbocycles. The van der Waals surface area contributed by atoms with E-state index in [1.807, 2.05) is 6.08 Å². The van der Waals surface area contributed by atoms with Crippen molar-refractivity contribution >= 4 is 27.3 Å². The third-order valence-corrected chi connectivity index (χ3v) is 3.43. The van der Waals surface area contributed by atoms with E-state index in [-0.39, 0.29) is 0 Å². The van der Waals surface area contributed by atoms with Crippen LogP contribution in [0.5, 0.6) is 0 Å². The molecule has 12 heavy (non-hydrogen) atoms. The summed E-state index contributed by atoms with van der Waals surface area (Å²) in [7, 11) is 0. The molecule has 66 valence electrons. The molecule has 1 rings (SSSR count). The van der Waals surface area contributed by atoms with Crippen LogP contribution < -0.4 is 5.32 Å². The van der Waals surface area contributed by atoms with Gasteiger partial charge in [-0.15, -0.1) is 17.9 Å². The van der Waals surface area contributed by atoms with E-state index in [0.717, 1.165) is 19.5 Å². The van der Waals surface area contributed by atoms with Gasteiger partial charge >= 0.3 is 0 Å². The van der Waals surface area contributed by atoms with Gasteiger partial charge in [0.05, 0.1) is 0 Å². The SMILES string of the molecule is C=CCCNCc1sccc1Br. The second kappa shape index (κ2) is 5.51. The minimum Gasteiger partial charge on any atom is -0.312 e. The minimum absolute atomic E-state index is 0.950. The quantitative estimate of drug-likeness (QED) is 0.621. The van der Waals surface area contributed by atoms with E-state index in [1.54, 1.807) is 11.3 Å². The molecule has 3 heteroatoms. The van der Waals surface area contributed by atoms with Crippen LogP contribution in [0.1, 0.15) is 11.3 Å². The molecule has 1 N–H and O–H groups in total. The van der Waals surface area contributed by atoms with Crippen molar-refractivity contribution in [2.75, 3.05) is 6.54 Å². The highest BCUT2D eigenvalue weighted by Crippen LogP contribution is 2.21. The van der Waals surface area contributed by atoms with Crippen molar-refractivity contribution in [3.05, 3.63) is 33.5 Å². The summed E-state index contributed by atoms with van der Waals surface area (Å²) in [5, 5.41) is 5.43. The molecule has 0 unspecified atom stereocenters. The fourth-order valence-electron chi connectivity index (χ4n) is 0.857. The number of hydrogen-bond acceptors (Lipinski definition) is 2. The summed E-state index contributed by atoms with van der Waals surface area (Å²) in [6, 6.07) is 2.08. The van der Waals surface area contributed by atoms with Crippen molar-refractivity contribution in [1.82, 2.24) is 5.32 Å². The second-order valence-corrected chi connectivity index (χ2v) is 4.30. The zero-order chi connectivity index (χ0) is 8.81. The fourth-order valence-corrected chi connectivity index (χ4v) is 2.32. The van der Waals surface area contributed by atoms with Gasteiger partial charge in [-0.25, -0.2) is 0 Å². The molecule has 1 aromatic heterocycles. The predicted molar refractivity (Wildman–Crippen MR) is 58.5 cm³/mol. The summed E-state index contributed by atoms with van der Waals surface area (Å²) in [5.41, 5.74) is 0. The molecule has 0 spiro atoms. The maximum atomic E-state index is 3.67. The lowest BCUT2D eigenvalue weighted by molar-refractivity contribution is 0.701. The first-order chi connectivity index (χ1) is 5.84. The molecule has 0 bridgehead atoms. The molecule has 0 saturated heterocycles. The van der Waals surface area contributed by atoms with Crippen LogP contribution in [-0.4, -0.2) is 6.54 Å². The van der Waals surface area contributed by atoms with Crippen LogP contribution in [0.15, 0.2) is 28.6 Å². The Morgan fingerprint density at radius 3 is 3.08 bits per heavy atom. The molecular formula is C9H12BrNS. The molecule has 0 aliphatic rings. The van der Waals surface area contributed by atoms with E-state index in [0.29, 0.717) is 0 Å². The smallest absolute Gasteiger partial charge is 0.0327 e. The Morgan fingerprint density at radius 2 is 2.50 bits per heavy atom. The van der Waals surface area contributed by atoms with Gasteiger partial charge in [-0.05, 0) is 40.3 Å². The number of halogens is 1. The van der Waals surface area contributed by atoms with Gasteiger partial charge in [0.1, 0.15) is 0 Å². The molecule has 0 saturated carbocycles. The molecule has 0 radical (unpaired) electrons. The van der Waals surface area contributed by atoms with Gasteiger partial charge in [0.25, 0.3) is 0 Å². The van der Waals surface area contributed by atoms with Crippen molar-refractivity contribution in [1.29, 1.82) is 0 Å². The third-order valence-electron chi connectivity index (χ3n) is 1.50. The molecule has 0 aromatic carbocycles. The van der Waals surface area contributed by atoms with Crippen LogP contribution >= 0.6 is 27.3 Å². The van der Waals surface area contributed by atoms with E-state index < -0.39 is 0 Å². The van der Waals surface area contributed by atoms with Crippen LogP contribution in [0.25, 0.3) is 0 Å². The highest BCUT2D eigenvalue weighted by Gasteiger charge is 1.98. The van der Waals surface area contributed by atoms with Gasteiger partial charge in [-0.3, -0.25) is 0 Å². The molecule has 1 heterocycles. The fraction of sp³-hybridized carbons (Fsp3) is 0.333. The largest absolute Gasteiger partial charge is 0.312 e. The summed E-state index contributed by atoms with van der Waals surface area (Å²) in [4.78, 5) is 1.36. The van der Waals surface area contributed by atoms with E-state index in [1.165, 1.54) is 9.35 Å². The number of nitrogens with one attached hydrogen (secondary N) is 1. The average molecular weight is 246 g/mol. The van der Waals surface area contributed by atoms with E-state index in [9.17, 15) is 0 Å². The normalized spacial score (nSPS) is 10.1. The van der Waals surface area contributed by atoms with Crippen LogP contribution in [0.4, 0.5) is 0 Å². The van der Waals surface area contributed by atoms with E-state index >= 15 is 0 Å². The number of rotatable bonds is 5. The van der Waals surface area contributed by atoms with Crippen molar-refractivity contribution in [3.63, 3.8) is 0 Å². The summed E-state index contributed by atoms with van der Waals surface area (Å²) in [6.07, 6.45) is 2.96. The van der Waals surface area contributed by atoms with Crippen molar-refractivity contribution in [2.24, 2.45) is 0 Å². The topological polar surface area (TPSA) is 12.0 Å². The predicted octanol–water partition coefficient (Wildman–Crippen LogP) is 3.18. The van der Waals surface area contributed by atoms with Crippen LogP contribution in [0.2, 0.25) is 0 Å². The van der Waals surface area contributed by atoms with Crippen molar-refractivity contribution < 1.29 is 0 Å². The van der Waals surface area contributed by atoms with Crippen molar-refractivity contribution in [2.45, 2.75) is 13.0 Å². The minimum atomic E-state index is 0.950. The molecule has 0 aliphatic heterocycles. The van der Waals surface area contributed by atoms with Gasteiger partial charge in [-0.1, -0.05) is 6.08 Å². The standard InChI is InChI=1S/C9H12BrNS/c1-2-3-5-11-7-9-8(10)4-6-12-9/h2,4,6,11H,1,3,5,7H2. The number of thiophene rings is 1. The Morgan fingerprint density at radius 1 is 1.67 bits per heavy atom. The first-order valence-corrected chi connectivity index (χ1v) is 5.55. The second-order valence-electron chi connectivity index (χ2n) is 2.45. The van der Waals surface area contributed by atoms with Crippen LogP contribution in [0, 0.1) is 0 Å². The molecule has 1 aromatic rings. The zero-order valence-electron chi connectivity index (χ0n) is 6.85. The highest BCUT2D eigenvalue weighted by molar-refractivity contribution is 9.10. The summed E-state index contributed by atoms with van der Waals surface area (Å²) < 4.78 is 1.21. The maximum Gasteiger partial charge on any atom is 0.0327 e. The summed E-state index contributed by atoms with van der Waals surface area (Å²) in [5.74, 6) is 0. The molecular weight excluding hydrogens is 234 g/mol. The summed E-state index contributed by atoms with van der Waals surface area (Å²) in [6.45, 7) is 5.62. The van der Waals surface area contributed by atoms with E-state index in [4.69, 9.17) is 0 Å². The van der Waals surface area contributed by atoms with Crippen molar-refractivity contribution in [3.8, 4) is 0 Å². The average Bonchev–Trinajstić information content (AvgIpc) is 2.46. The third kappa shape index (κ3) is 3.09. The van der Waals surface area contributed by atoms with Crippen LogP contribution in [-0.2, 0) is 6.54 Å². The Balaban J connectivity index is 2.24. The summed E-state index contributed by atoms with van der Waals surface area (Å²) >= 11 is 5.26. The lowest BCUT2D eigenvalue weighted by Gasteiger charge is -2.00. The molecule has 0 atom stereocenters. The first kappa shape index (κ1) is 9.96. The maximum absolute atomic E-state index is 3.67. The van der Waals surface area contributed by atoms with Gasteiger partial charge < -0.3 is 5.32 Å². The lowest BCUT2D eigenvalue weighted by atomic mass is 10.4.